The van der Waals surface area contributed by atoms with Gasteiger partial charge in [-0.05, 0) is 71.5 Å². The van der Waals surface area contributed by atoms with Crippen molar-refractivity contribution in [1.82, 2.24) is 4.98 Å². The molecular weight excluding hydrogens is 422 g/mol. The van der Waals surface area contributed by atoms with Gasteiger partial charge >= 0.3 is 5.97 Å². The second kappa shape index (κ2) is 8.25. The molecule has 8 heteroatoms. The highest BCUT2D eigenvalue weighted by atomic mass is 79.9. The predicted octanol–water partition coefficient (Wildman–Crippen LogP) is 4.77. The van der Waals surface area contributed by atoms with E-state index in [2.05, 4.69) is 31.5 Å². The number of methoxy groups -OCH3 is 1. The summed E-state index contributed by atoms with van der Waals surface area (Å²) in [5.41, 5.74) is 1.73. The Morgan fingerprint density at radius 3 is 2.80 bits per heavy atom. The van der Waals surface area contributed by atoms with Crippen molar-refractivity contribution in [3.8, 4) is 0 Å². The maximum atomic E-state index is 12.3. The van der Waals surface area contributed by atoms with E-state index in [9.17, 15) is 4.79 Å². The van der Waals surface area contributed by atoms with Crippen molar-refractivity contribution in [2.24, 2.45) is 0 Å². The van der Waals surface area contributed by atoms with Crippen molar-refractivity contribution < 1.29 is 9.53 Å². The topological polar surface area (TPSA) is 63.2 Å². The summed E-state index contributed by atoms with van der Waals surface area (Å²) in [5.74, 6) is 0.324. The van der Waals surface area contributed by atoms with Gasteiger partial charge in [0, 0.05) is 15.5 Å². The molecule has 0 aromatic carbocycles. The van der Waals surface area contributed by atoms with Crippen LogP contribution in [0.3, 0.4) is 0 Å². The molecule has 5 nitrogen and oxygen atoms in total. The van der Waals surface area contributed by atoms with Crippen LogP contribution in [0.4, 0.5) is 10.8 Å². The lowest BCUT2D eigenvalue weighted by Crippen LogP contribution is -2.20. The number of hydrogen-bond donors (Lipinski definition) is 2. The molecule has 0 saturated heterocycles. The normalized spacial score (nSPS) is 13.5. The van der Waals surface area contributed by atoms with E-state index in [1.54, 1.807) is 17.5 Å². The van der Waals surface area contributed by atoms with E-state index in [0.29, 0.717) is 16.5 Å². The van der Waals surface area contributed by atoms with Crippen molar-refractivity contribution in [2.45, 2.75) is 32.1 Å². The molecule has 0 aliphatic heterocycles. The summed E-state index contributed by atoms with van der Waals surface area (Å²) in [4.78, 5) is 17.8. The monoisotopic (exact) mass is 439 g/mol. The number of pyridine rings is 1. The van der Waals surface area contributed by atoms with Gasteiger partial charge in [-0.15, -0.1) is 11.3 Å². The van der Waals surface area contributed by atoms with Gasteiger partial charge in [0.2, 0.25) is 0 Å². The highest BCUT2D eigenvalue weighted by Gasteiger charge is 2.25. The van der Waals surface area contributed by atoms with E-state index >= 15 is 0 Å². The molecule has 0 radical (unpaired) electrons. The quantitative estimate of drug-likeness (QED) is 0.407. The van der Waals surface area contributed by atoms with Crippen LogP contribution < -0.4 is 10.6 Å². The minimum atomic E-state index is -0.313. The minimum absolute atomic E-state index is 0.313. The first-order valence-electron chi connectivity index (χ1n) is 8.01. The molecule has 2 heterocycles. The largest absolute Gasteiger partial charge is 0.465 e. The second-order valence-corrected chi connectivity index (χ2v) is 8.13. The third-order valence-corrected chi connectivity index (χ3v) is 5.89. The van der Waals surface area contributed by atoms with Gasteiger partial charge in [-0.3, -0.25) is 0 Å². The molecule has 0 atom stereocenters. The molecule has 25 heavy (non-hydrogen) atoms. The number of nitrogens with one attached hydrogen (secondary N) is 2. The van der Waals surface area contributed by atoms with Crippen LogP contribution in [0.25, 0.3) is 0 Å². The maximum absolute atomic E-state index is 12.3. The average molecular weight is 440 g/mol. The van der Waals surface area contributed by atoms with Crippen LogP contribution in [0.2, 0.25) is 0 Å². The van der Waals surface area contributed by atoms with Crippen LogP contribution in [0.5, 0.6) is 0 Å². The van der Waals surface area contributed by atoms with Gasteiger partial charge in [-0.25, -0.2) is 9.78 Å². The summed E-state index contributed by atoms with van der Waals surface area (Å²) in [6.45, 7) is 0. The third-order valence-electron chi connectivity index (χ3n) is 4.01. The number of thiocarbonyl (C=S) groups is 1. The number of nitrogens with zero attached hydrogens (tertiary/aromatic N) is 1. The number of anilines is 2. The number of halogens is 1. The fourth-order valence-electron chi connectivity index (χ4n) is 2.85. The van der Waals surface area contributed by atoms with Gasteiger partial charge in [-0.1, -0.05) is 6.42 Å². The summed E-state index contributed by atoms with van der Waals surface area (Å²) >= 11 is 10.3. The van der Waals surface area contributed by atoms with Gasteiger partial charge in [0.1, 0.15) is 10.8 Å². The number of esters is 1. The smallest absolute Gasteiger partial charge is 0.341 e. The second-order valence-electron chi connectivity index (χ2n) is 5.70. The number of rotatable bonds is 3. The van der Waals surface area contributed by atoms with Crippen molar-refractivity contribution in [3.05, 3.63) is 38.8 Å². The lowest BCUT2D eigenvalue weighted by Gasteiger charge is -2.10. The summed E-state index contributed by atoms with van der Waals surface area (Å²) in [6, 6.07) is 3.70. The number of ether oxygens (including phenoxy) is 1. The first-order valence-corrected chi connectivity index (χ1v) is 10.0. The third kappa shape index (κ3) is 4.37. The number of aryl methyl sites for hydroxylation is 1. The van der Waals surface area contributed by atoms with Gasteiger partial charge in [0.15, 0.2) is 5.11 Å². The maximum Gasteiger partial charge on any atom is 0.341 e. The molecule has 132 valence electrons. The Kier molecular flexibility index (Phi) is 6.03. The fourth-order valence-corrected chi connectivity index (χ4v) is 4.64. The van der Waals surface area contributed by atoms with Crippen molar-refractivity contribution in [3.63, 3.8) is 0 Å². The highest BCUT2D eigenvalue weighted by Crippen LogP contribution is 2.38. The first-order chi connectivity index (χ1) is 12.1. The van der Waals surface area contributed by atoms with Crippen LogP contribution in [-0.4, -0.2) is 23.2 Å². The van der Waals surface area contributed by atoms with E-state index in [4.69, 9.17) is 17.0 Å². The Balaban J connectivity index is 1.82. The summed E-state index contributed by atoms with van der Waals surface area (Å²) < 4.78 is 5.90. The standard InChI is InChI=1S/C17H18BrN3O2S2/c1-23-16(22)14-11-5-3-2-4-6-12(11)25-15(14)21-17(24)20-13-8-7-10(18)9-19-13/h7-9H,2-6H2,1H3,(H2,19,20,21,24). The van der Waals surface area contributed by atoms with Crippen molar-refractivity contribution >= 4 is 61.4 Å². The lowest BCUT2D eigenvalue weighted by atomic mass is 10.1. The zero-order valence-electron chi connectivity index (χ0n) is 13.7. The molecule has 0 saturated carbocycles. The van der Waals surface area contributed by atoms with E-state index in [1.165, 1.54) is 18.4 Å². The van der Waals surface area contributed by atoms with E-state index < -0.39 is 0 Å². The van der Waals surface area contributed by atoms with Gasteiger partial charge < -0.3 is 15.4 Å². The minimum Gasteiger partial charge on any atom is -0.465 e. The molecule has 1 aliphatic rings. The number of carbonyl (C=O) groups excluding carboxylic acids is 1. The van der Waals surface area contributed by atoms with Crippen LogP contribution >= 0.6 is 39.5 Å². The lowest BCUT2D eigenvalue weighted by molar-refractivity contribution is 0.0601. The Hall–Kier alpha value is -1.51. The zero-order chi connectivity index (χ0) is 17.8. The van der Waals surface area contributed by atoms with E-state index in [1.807, 2.05) is 12.1 Å². The van der Waals surface area contributed by atoms with Crippen LogP contribution in [-0.2, 0) is 17.6 Å². The summed E-state index contributed by atoms with van der Waals surface area (Å²) in [7, 11) is 1.41. The summed E-state index contributed by atoms with van der Waals surface area (Å²) in [5, 5.41) is 7.33. The molecule has 0 spiro atoms. The van der Waals surface area contributed by atoms with Gasteiger partial charge in [0.25, 0.3) is 0 Å². The Bertz CT molecular complexity index is 790. The Morgan fingerprint density at radius 2 is 2.08 bits per heavy atom. The Labute approximate surface area is 164 Å². The Morgan fingerprint density at radius 1 is 1.28 bits per heavy atom. The van der Waals surface area contributed by atoms with Crippen LogP contribution in [0.1, 0.15) is 40.1 Å². The number of aromatic nitrogens is 1. The molecule has 2 aromatic rings. The first kappa shape index (κ1) is 18.3. The van der Waals surface area contributed by atoms with E-state index in [0.717, 1.165) is 40.7 Å². The zero-order valence-corrected chi connectivity index (χ0v) is 16.9. The van der Waals surface area contributed by atoms with Crippen molar-refractivity contribution in [2.75, 3.05) is 17.7 Å². The van der Waals surface area contributed by atoms with E-state index in [-0.39, 0.29) is 5.97 Å². The molecule has 0 fully saturated rings. The predicted molar refractivity (Wildman–Crippen MR) is 109 cm³/mol. The van der Waals surface area contributed by atoms with Gasteiger partial charge in [0.05, 0.1) is 12.7 Å². The SMILES string of the molecule is COC(=O)c1c(NC(=S)Nc2ccc(Br)cn2)sc2c1CCCCC2. The van der Waals surface area contributed by atoms with Crippen LogP contribution in [0, 0.1) is 0 Å². The van der Waals surface area contributed by atoms with Crippen molar-refractivity contribution in [1.29, 1.82) is 0 Å². The molecule has 0 amide bonds. The molecule has 0 bridgehead atoms. The molecular formula is C17H18BrN3O2S2. The fraction of sp³-hybridized carbons (Fsp3) is 0.353. The summed E-state index contributed by atoms with van der Waals surface area (Å²) in [6.07, 6.45) is 7.04. The van der Waals surface area contributed by atoms with Gasteiger partial charge in [-0.2, -0.15) is 0 Å². The number of carbonyl (C=O) groups is 1. The number of thiophene rings is 1. The molecule has 2 aromatic heterocycles. The van der Waals surface area contributed by atoms with Crippen LogP contribution in [0.15, 0.2) is 22.8 Å². The highest BCUT2D eigenvalue weighted by molar-refractivity contribution is 9.10. The number of fused-ring (bicyclic) bond motifs is 1. The number of hydrogen-bond acceptors (Lipinski definition) is 5. The average Bonchev–Trinajstić information content (AvgIpc) is 2.77. The molecule has 0 unspecified atom stereocenters. The molecule has 2 N–H and O–H groups in total. The molecule has 1 aliphatic carbocycles. The molecule has 3 rings (SSSR count).